The molecule has 1 amide bonds. The second kappa shape index (κ2) is 7.36. The van der Waals surface area contributed by atoms with Crippen LogP contribution in [0.3, 0.4) is 0 Å². The maximum Gasteiger partial charge on any atom is 0.273 e. The number of carbonyl (C=O) groups is 1. The quantitative estimate of drug-likeness (QED) is 0.687. The number of fused-ring (bicyclic) bond motifs is 1. The van der Waals surface area contributed by atoms with Gasteiger partial charge in [-0.1, -0.05) is 24.3 Å². The van der Waals surface area contributed by atoms with Crippen LogP contribution in [-0.4, -0.2) is 53.5 Å². The molecule has 2 aromatic carbocycles. The van der Waals surface area contributed by atoms with Crippen LogP contribution < -0.4 is 4.74 Å². The van der Waals surface area contributed by atoms with Crippen molar-refractivity contribution in [2.45, 2.75) is 6.04 Å². The van der Waals surface area contributed by atoms with E-state index in [1.165, 1.54) is 0 Å². The number of para-hydroxylation sites is 1. The molecule has 0 aliphatic carbocycles. The molecular formula is C21H21N3O4. The van der Waals surface area contributed by atoms with E-state index in [0.717, 1.165) is 16.9 Å². The summed E-state index contributed by atoms with van der Waals surface area (Å²) in [5.41, 5.74) is 3.28. The second-order valence-electron chi connectivity index (χ2n) is 6.55. The number of rotatable bonds is 6. The van der Waals surface area contributed by atoms with Crippen molar-refractivity contribution >= 4 is 5.91 Å². The third kappa shape index (κ3) is 2.90. The summed E-state index contributed by atoms with van der Waals surface area (Å²) in [6.07, 6.45) is 0. The van der Waals surface area contributed by atoms with Crippen molar-refractivity contribution in [1.29, 1.82) is 0 Å². The Morgan fingerprint density at radius 2 is 1.89 bits per heavy atom. The minimum Gasteiger partial charge on any atom is -0.507 e. The Morgan fingerprint density at radius 3 is 2.57 bits per heavy atom. The molecule has 144 valence electrons. The van der Waals surface area contributed by atoms with Crippen molar-refractivity contribution in [2.75, 3.05) is 27.4 Å². The minimum atomic E-state index is -0.336. The second-order valence-corrected chi connectivity index (χ2v) is 6.55. The molecule has 1 unspecified atom stereocenters. The number of nitrogens with one attached hydrogen (secondary N) is 1. The number of amides is 1. The van der Waals surface area contributed by atoms with Crippen LogP contribution in [0.15, 0.2) is 48.5 Å². The number of benzene rings is 2. The maximum absolute atomic E-state index is 13.1. The van der Waals surface area contributed by atoms with Gasteiger partial charge in [0.15, 0.2) is 0 Å². The summed E-state index contributed by atoms with van der Waals surface area (Å²) >= 11 is 0. The van der Waals surface area contributed by atoms with Gasteiger partial charge >= 0.3 is 0 Å². The lowest BCUT2D eigenvalue weighted by molar-refractivity contribution is 0.0677. The number of aromatic nitrogens is 2. The fourth-order valence-electron chi connectivity index (χ4n) is 3.63. The Hall–Kier alpha value is -3.32. The number of aromatic amines is 1. The van der Waals surface area contributed by atoms with E-state index in [9.17, 15) is 9.90 Å². The highest BCUT2D eigenvalue weighted by Gasteiger charge is 2.42. The monoisotopic (exact) mass is 379 g/mol. The normalized spacial score (nSPS) is 15.7. The molecule has 28 heavy (non-hydrogen) atoms. The average molecular weight is 379 g/mol. The van der Waals surface area contributed by atoms with Gasteiger partial charge in [-0.05, 0) is 29.8 Å². The molecule has 2 N–H and O–H groups in total. The molecule has 1 aliphatic heterocycles. The molecule has 7 heteroatoms. The summed E-state index contributed by atoms with van der Waals surface area (Å²) in [4.78, 5) is 14.8. The standard InChI is InChI=1S/C21H21N3O4/c1-27-12-11-24-20(13-7-9-14(28-2)10-8-13)17-18(22-23-19(17)21(24)26)15-5-3-4-6-16(15)25/h3-10,20,25H,11-12H2,1-2H3,(H,22,23). The van der Waals surface area contributed by atoms with E-state index in [4.69, 9.17) is 9.47 Å². The molecule has 0 fully saturated rings. The summed E-state index contributed by atoms with van der Waals surface area (Å²) in [6.45, 7) is 0.858. The highest BCUT2D eigenvalue weighted by molar-refractivity contribution is 6.00. The fraction of sp³-hybridized carbons (Fsp3) is 0.238. The van der Waals surface area contributed by atoms with Crippen molar-refractivity contribution in [3.63, 3.8) is 0 Å². The molecule has 1 atom stereocenters. The van der Waals surface area contributed by atoms with Crippen molar-refractivity contribution in [3.05, 3.63) is 65.4 Å². The van der Waals surface area contributed by atoms with E-state index in [1.54, 1.807) is 37.3 Å². The van der Waals surface area contributed by atoms with Gasteiger partial charge in [0.1, 0.15) is 22.9 Å². The van der Waals surface area contributed by atoms with Crippen molar-refractivity contribution < 1.29 is 19.4 Å². The van der Waals surface area contributed by atoms with Crippen LogP contribution in [0, 0.1) is 0 Å². The topological polar surface area (TPSA) is 87.7 Å². The third-order valence-corrected chi connectivity index (χ3v) is 4.99. The van der Waals surface area contributed by atoms with E-state index < -0.39 is 0 Å². The van der Waals surface area contributed by atoms with Gasteiger partial charge in [-0.3, -0.25) is 9.89 Å². The molecule has 7 nitrogen and oxygen atoms in total. The Kier molecular flexibility index (Phi) is 4.75. The van der Waals surface area contributed by atoms with Gasteiger partial charge in [-0.15, -0.1) is 0 Å². The molecule has 1 aliphatic rings. The third-order valence-electron chi connectivity index (χ3n) is 4.99. The van der Waals surface area contributed by atoms with E-state index in [1.807, 2.05) is 30.3 Å². The molecule has 0 bridgehead atoms. The zero-order chi connectivity index (χ0) is 19.7. The summed E-state index contributed by atoms with van der Waals surface area (Å²) in [7, 11) is 3.22. The number of ether oxygens (including phenoxy) is 2. The Balaban J connectivity index is 1.86. The van der Waals surface area contributed by atoms with Crippen LogP contribution in [0.1, 0.15) is 27.7 Å². The van der Waals surface area contributed by atoms with Gasteiger partial charge in [-0.25, -0.2) is 0 Å². The van der Waals surface area contributed by atoms with Gasteiger partial charge in [0.25, 0.3) is 5.91 Å². The molecular weight excluding hydrogens is 358 g/mol. The molecule has 0 saturated carbocycles. The SMILES string of the molecule is COCCN1C(=O)c2[nH]nc(-c3ccccc3O)c2C1c1ccc(OC)cc1. The number of phenolic OH excluding ortho intramolecular Hbond substituents is 1. The summed E-state index contributed by atoms with van der Waals surface area (Å²) in [5.74, 6) is 0.722. The highest BCUT2D eigenvalue weighted by Crippen LogP contribution is 2.44. The van der Waals surface area contributed by atoms with Crippen LogP contribution >= 0.6 is 0 Å². The summed E-state index contributed by atoms with van der Waals surface area (Å²) < 4.78 is 10.5. The molecule has 0 spiro atoms. The number of methoxy groups -OCH3 is 2. The summed E-state index contributed by atoms with van der Waals surface area (Å²) in [5, 5.41) is 17.6. The molecule has 4 rings (SSSR count). The first-order valence-corrected chi connectivity index (χ1v) is 8.96. The van der Waals surface area contributed by atoms with Gasteiger partial charge in [0.05, 0.1) is 19.8 Å². The smallest absolute Gasteiger partial charge is 0.273 e. The molecule has 1 aromatic heterocycles. The van der Waals surface area contributed by atoms with Crippen LogP contribution in [0.25, 0.3) is 11.3 Å². The minimum absolute atomic E-state index is 0.119. The van der Waals surface area contributed by atoms with Crippen LogP contribution in [-0.2, 0) is 4.74 Å². The zero-order valence-corrected chi connectivity index (χ0v) is 15.7. The number of nitrogens with zero attached hydrogens (tertiary/aromatic N) is 2. The molecule has 0 radical (unpaired) electrons. The number of H-pyrrole nitrogens is 1. The van der Waals surface area contributed by atoms with E-state index in [0.29, 0.717) is 30.1 Å². The number of phenols is 1. The predicted molar refractivity (Wildman–Crippen MR) is 103 cm³/mol. The summed E-state index contributed by atoms with van der Waals surface area (Å²) in [6, 6.07) is 14.3. The Morgan fingerprint density at radius 1 is 1.14 bits per heavy atom. The van der Waals surface area contributed by atoms with E-state index >= 15 is 0 Å². The van der Waals surface area contributed by atoms with Gasteiger partial charge < -0.3 is 19.5 Å². The van der Waals surface area contributed by atoms with Gasteiger partial charge in [-0.2, -0.15) is 5.10 Å². The Labute approximate surface area is 162 Å². The van der Waals surface area contributed by atoms with E-state index in [2.05, 4.69) is 10.2 Å². The lowest BCUT2D eigenvalue weighted by Gasteiger charge is -2.26. The van der Waals surface area contributed by atoms with Crippen molar-refractivity contribution in [3.8, 4) is 22.8 Å². The highest BCUT2D eigenvalue weighted by atomic mass is 16.5. The number of carbonyl (C=O) groups excluding carboxylic acids is 1. The number of aromatic hydroxyl groups is 1. The fourth-order valence-corrected chi connectivity index (χ4v) is 3.63. The lowest BCUT2D eigenvalue weighted by Crippen LogP contribution is -2.32. The van der Waals surface area contributed by atoms with Crippen molar-refractivity contribution in [1.82, 2.24) is 15.1 Å². The van der Waals surface area contributed by atoms with Crippen molar-refractivity contribution in [2.24, 2.45) is 0 Å². The number of hydrogen-bond donors (Lipinski definition) is 2. The van der Waals surface area contributed by atoms with Crippen LogP contribution in [0.2, 0.25) is 0 Å². The first-order valence-electron chi connectivity index (χ1n) is 8.96. The van der Waals surface area contributed by atoms with Gasteiger partial charge in [0, 0.05) is 24.8 Å². The molecule has 0 saturated heterocycles. The molecule has 3 aromatic rings. The number of hydrogen-bond acceptors (Lipinski definition) is 5. The lowest BCUT2D eigenvalue weighted by atomic mass is 9.95. The molecule has 2 heterocycles. The first-order chi connectivity index (χ1) is 13.7. The predicted octanol–water partition coefficient (Wildman–Crippen LogP) is 2.98. The average Bonchev–Trinajstić information content (AvgIpc) is 3.26. The van der Waals surface area contributed by atoms with Crippen LogP contribution in [0.5, 0.6) is 11.5 Å². The first kappa shape index (κ1) is 18.1. The van der Waals surface area contributed by atoms with Gasteiger partial charge in [0.2, 0.25) is 0 Å². The largest absolute Gasteiger partial charge is 0.507 e. The zero-order valence-electron chi connectivity index (χ0n) is 15.7. The van der Waals surface area contributed by atoms with Crippen LogP contribution in [0.4, 0.5) is 0 Å². The maximum atomic E-state index is 13.1. The van der Waals surface area contributed by atoms with E-state index in [-0.39, 0.29) is 17.7 Å². The Bertz CT molecular complexity index is 997.